The van der Waals surface area contributed by atoms with E-state index < -0.39 is 0 Å². The summed E-state index contributed by atoms with van der Waals surface area (Å²) in [6.45, 7) is 0. The van der Waals surface area contributed by atoms with Crippen molar-refractivity contribution in [2.24, 2.45) is 0 Å². The van der Waals surface area contributed by atoms with Gasteiger partial charge in [-0.2, -0.15) is 0 Å². The molecule has 0 aromatic heterocycles. The van der Waals surface area contributed by atoms with Gasteiger partial charge in [0, 0.05) is 22.6 Å². The molecule has 0 saturated heterocycles. The summed E-state index contributed by atoms with van der Waals surface area (Å²) in [5.41, 5.74) is 2.59. The van der Waals surface area contributed by atoms with Crippen molar-refractivity contribution in [3.05, 3.63) is 59.7 Å². The third kappa shape index (κ3) is 4.92. The van der Waals surface area contributed by atoms with E-state index in [4.69, 9.17) is 9.47 Å². The van der Waals surface area contributed by atoms with Crippen molar-refractivity contribution in [2.45, 2.75) is 47.7 Å². The molecular formula is C22H28O2S2. The Bertz CT molecular complexity index is 643. The van der Waals surface area contributed by atoms with Crippen LogP contribution in [0.2, 0.25) is 0 Å². The first-order valence-electron chi connectivity index (χ1n) is 9.28. The third-order valence-corrected chi connectivity index (χ3v) is 8.47. The molecule has 1 aliphatic rings. The van der Waals surface area contributed by atoms with Gasteiger partial charge in [0.05, 0.1) is 18.3 Å². The Morgan fingerprint density at radius 2 is 1.19 bits per heavy atom. The number of para-hydroxylation sites is 2. The number of ether oxygens (including phenoxy) is 2. The fraction of sp³-hybridized carbons (Fsp3) is 0.455. The molecule has 0 unspecified atom stereocenters. The van der Waals surface area contributed by atoms with Crippen molar-refractivity contribution in [3.8, 4) is 11.5 Å². The van der Waals surface area contributed by atoms with Gasteiger partial charge in [0.1, 0.15) is 11.5 Å². The number of methoxy groups -OCH3 is 2. The molecule has 1 fully saturated rings. The second-order valence-electron chi connectivity index (χ2n) is 6.67. The zero-order chi connectivity index (χ0) is 18.2. The summed E-state index contributed by atoms with van der Waals surface area (Å²) in [6, 6.07) is 16.8. The van der Waals surface area contributed by atoms with Crippen LogP contribution < -0.4 is 9.47 Å². The van der Waals surface area contributed by atoms with Crippen molar-refractivity contribution < 1.29 is 9.47 Å². The standard InChI is InChI=1S/C22H28O2S2/c1-23-20-12-6-4-10-18(20)16-25-22(14-8-3-9-15-22)26-17-19-11-5-7-13-21(19)24-2/h4-7,10-13H,3,8-9,14-17H2,1-2H3. The minimum Gasteiger partial charge on any atom is -0.496 e. The smallest absolute Gasteiger partial charge is 0.122 e. The fourth-order valence-electron chi connectivity index (χ4n) is 3.48. The average Bonchev–Trinajstić information content (AvgIpc) is 2.72. The molecule has 0 spiro atoms. The van der Waals surface area contributed by atoms with Gasteiger partial charge >= 0.3 is 0 Å². The molecule has 0 bridgehead atoms. The van der Waals surface area contributed by atoms with E-state index in [1.54, 1.807) is 14.2 Å². The van der Waals surface area contributed by atoms with Crippen molar-refractivity contribution >= 4 is 23.5 Å². The predicted molar refractivity (Wildman–Crippen MR) is 114 cm³/mol. The maximum absolute atomic E-state index is 5.54. The Morgan fingerprint density at radius 1 is 0.731 bits per heavy atom. The van der Waals surface area contributed by atoms with E-state index in [0.29, 0.717) is 4.08 Å². The molecule has 140 valence electrons. The van der Waals surface area contributed by atoms with E-state index in [1.807, 2.05) is 12.1 Å². The van der Waals surface area contributed by atoms with Gasteiger partial charge in [-0.15, -0.1) is 23.5 Å². The van der Waals surface area contributed by atoms with Gasteiger partial charge in [-0.3, -0.25) is 0 Å². The van der Waals surface area contributed by atoms with Crippen LogP contribution >= 0.6 is 23.5 Å². The summed E-state index contributed by atoms with van der Waals surface area (Å²) in [5.74, 6) is 4.01. The zero-order valence-corrected chi connectivity index (χ0v) is 17.3. The van der Waals surface area contributed by atoms with Crippen LogP contribution in [0.4, 0.5) is 0 Å². The quantitative estimate of drug-likeness (QED) is 0.478. The first-order valence-corrected chi connectivity index (χ1v) is 11.3. The summed E-state index contributed by atoms with van der Waals surface area (Å²) in [6.07, 6.45) is 6.60. The molecule has 2 aromatic rings. The molecule has 3 rings (SSSR count). The molecule has 0 aliphatic heterocycles. The number of thioether (sulfide) groups is 2. The van der Waals surface area contributed by atoms with Crippen LogP contribution in [0.3, 0.4) is 0 Å². The normalized spacial score (nSPS) is 16.2. The van der Waals surface area contributed by atoms with E-state index in [1.165, 1.54) is 43.2 Å². The lowest BCUT2D eigenvalue weighted by molar-refractivity contribution is 0.411. The van der Waals surface area contributed by atoms with Crippen LogP contribution in [0.5, 0.6) is 11.5 Å². The summed E-state index contributed by atoms with van der Waals surface area (Å²) in [4.78, 5) is 0. The SMILES string of the molecule is COc1ccccc1CSC1(SCc2ccccc2OC)CCCCC1. The topological polar surface area (TPSA) is 18.5 Å². The summed E-state index contributed by atoms with van der Waals surface area (Å²) in [5, 5.41) is 0. The lowest BCUT2D eigenvalue weighted by Gasteiger charge is -2.36. The second kappa shape index (κ2) is 9.61. The minimum absolute atomic E-state index is 0.292. The highest BCUT2D eigenvalue weighted by Gasteiger charge is 2.33. The van der Waals surface area contributed by atoms with E-state index >= 15 is 0 Å². The number of hydrogen-bond acceptors (Lipinski definition) is 4. The van der Waals surface area contributed by atoms with Gasteiger partial charge in [-0.25, -0.2) is 0 Å². The molecule has 1 saturated carbocycles. The van der Waals surface area contributed by atoms with Crippen molar-refractivity contribution in [2.75, 3.05) is 14.2 Å². The maximum Gasteiger partial charge on any atom is 0.122 e. The van der Waals surface area contributed by atoms with Gasteiger partial charge in [0.25, 0.3) is 0 Å². The summed E-state index contributed by atoms with van der Waals surface area (Å²) in [7, 11) is 3.52. The Hall–Kier alpha value is -1.26. The number of benzene rings is 2. The lowest BCUT2D eigenvalue weighted by atomic mass is 10.00. The van der Waals surface area contributed by atoms with Crippen molar-refractivity contribution in [3.63, 3.8) is 0 Å². The van der Waals surface area contributed by atoms with E-state index in [9.17, 15) is 0 Å². The summed E-state index contributed by atoms with van der Waals surface area (Å²) < 4.78 is 11.4. The highest BCUT2D eigenvalue weighted by molar-refractivity contribution is 8.17. The van der Waals surface area contributed by atoms with E-state index in [2.05, 4.69) is 59.9 Å². The minimum atomic E-state index is 0.292. The Morgan fingerprint density at radius 3 is 1.65 bits per heavy atom. The van der Waals surface area contributed by atoms with Gasteiger partial charge < -0.3 is 9.47 Å². The van der Waals surface area contributed by atoms with E-state index in [-0.39, 0.29) is 0 Å². The molecule has 0 radical (unpaired) electrons. The van der Waals surface area contributed by atoms with Crippen LogP contribution in [0.1, 0.15) is 43.2 Å². The van der Waals surface area contributed by atoms with Crippen LogP contribution in [0.25, 0.3) is 0 Å². The molecule has 4 heteroatoms. The third-order valence-electron chi connectivity index (χ3n) is 4.98. The molecule has 0 heterocycles. The van der Waals surface area contributed by atoms with Gasteiger partial charge in [-0.05, 0) is 25.0 Å². The number of hydrogen-bond donors (Lipinski definition) is 0. The molecule has 0 amide bonds. The highest BCUT2D eigenvalue weighted by Crippen LogP contribution is 2.51. The Balaban J connectivity index is 1.70. The van der Waals surface area contributed by atoms with E-state index in [0.717, 1.165) is 23.0 Å². The molecule has 0 N–H and O–H groups in total. The van der Waals surface area contributed by atoms with Crippen molar-refractivity contribution in [1.29, 1.82) is 0 Å². The Labute approximate surface area is 166 Å². The van der Waals surface area contributed by atoms with Gasteiger partial charge in [-0.1, -0.05) is 55.7 Å². The molecule has 1 aliphatic carbocycles. The molecule has 26 heavy (non-hydrogen) atoms. The number of rotatable bonds is 8. The first kappa shape index (κ1) is 19.5. The largest absolute Gasteiger partial charge is 0.496 e. The predicted octanol–water partition coefficient (Wildman–Crippen LogP) is 6.53. The molecule has 2 aromatic carbocycles. The zero-order valence-electron chi connectivity index (χ0n) is 15.7. The lowest BCUT2D eigenvalue weighted by Crippen LogP contribution is -2.24. The van der Waals surface area contributed by atoms with Gasteiger partial charge in [0.2, 0.25) is 0 Å². The van der Waals surface area contributed by atoms with Crippen LogP contribution in [-0.4, -0.2) is 18.3 Å². The highest BCUT2D eigenvalue weighted by atomic mass is 32.2. The fourth-order valence-corrected chi connectivity index (χ4v) is 6.64. The van der Waals surface area contributed by atoms with Crippen LogP contribution in [-0.2, 0) is 11.5 Å². The maximum atomic E-state index is 5.54. The molecule has 0 atom stereocenters. The van der Waals surface area contributed by atoms with Crippen LogP contribution in [0, 0.1) is 0 Å². The molecular weight excluding hydrogens is 360 g/mol. The average molecular weight is 389 g/mol. The second-order valence-corrected chi connectivity index (χ2v) is 9.65. The monoisotopic (exact) mass is 388 g/mol. The first-order chi connectivity index (χ1) is 12.8. The Kier molecular flexibility index (Phi) is 7.21. The van der Waals surface area contributed by atoms with Crippen molar-refractivity contribution in [1.82, 2.24) is 0 Å². The molecule has 2 nitrogen and oxygen atoms in total. The van der Waals surface area contributed by atoms with Gasteiger partial charge in [0.15, 0.2) is 0 Å². The summed E-state index contributed by atoms with van der Waals surface area (Å²) >= 11 is 4.20. The van der Waals surface area contributed by atoms with Crippen LogP contribution in [0.15, 0.2) is 48.5 Å².